The highest BCUT2D eigenvalue weighted by atomic mass is 19.1. The average molecular weight is 252 g/mol. The molecule has 2 saturated carbocycles. The van der Waals surface area contributed by atoms with E-state index >= 15 is 0 Å². The van der Waals surface area contributed by atoms with Gasteiger partial charge in [-0.15, -0.1) is 0 Å². The summed E-state index contributed by atoms with van der Waals surface area (Å²) in [6.07, 6.45) is 4.45. The average Bonchev–Trinajstić information content (AvgIpc) is 2.96. The first-order valence-electron chi connectivity index (χ1n) is 6.75. The Bertz CT molecular complexity index is 446. The van der Waals surface area contributed by atoms with Crippen molar-refractivity contribution in [2.24, 2.45) is 17.8 Å². The maximum absolute atomic E-state index is 13.5. The molecule has 1 aromatic carbocycles. The van der Waals surface area contributed by atoms with Gasteiger partial charge in [-0.05, 0) is 60.8 Å². The third-order valence-corrected chi connectivity index (χ3v) is 4.72. The molecule has 2 bridgehead atoms. The van der Waals surface area contributed by atoms with Crippen molar-refractivity contribution in [2.75, 3.05) is 0 Å². The molecule has 3 heteroatoms. The van der Waals surface area contributed by atoms with Crippen molar-refractivity contribution in [1.29, 1.82) is 0 Å². The molecular formula is C15H18F2O. The van der Waals surface area contributed by atoms with E-state index in [1.54, 1.807) is 0 Å². The van der Waals surface area contributed by atoms with E-state index in [0.717, 1.165) is 24.5 Å². The van der Waals surface area contributed by atoms with E-state index in [2.05, 4.69) is 0 Å². The second kappa shape index (κ2) is 4.61. The highest BCUT2D eigenvalue weighted by molar-refractivity contribution is 5.20. The summed E-state index contributed by atoms with van der Waals surface area (Å²) in [5, 5.41) is 10.3. The van der Waals surface area contributed by atoms with Gasteiger partial charge >= 0.3 is 0 Å². The summed E-state index contributed by atoms with van der Waals surface area (Å²) >= 11 is 0. The molecule has 4 unspecified atom stereocenters. The van der Waals surface area contributed by atoms with Crippen LogP contribution < -0.4 is 0 Å². The standard InChI is InChI=1S/C15H18F2O/c16-12-3-4-14(17)11(7-12)8-15(18)13-6-9-1-2-10(13)5-9/h3-4,7,9-10,13,15,18H,1-2,5-6,8H2. The summed E-state index contributed by atoms with van der Waals surface area (Å²) in [5.74, 6) is 0.783. The molecule has 0 saturated heterocycles. The van der Waals surface area contributed by atoms with Crippen molar-refractivity contribution in [3.63, 3.8) is 0 Å². The number of halogens is 2. The van der Waals surface area contributed by atoms with Crippen molar-refractivity contribution in [3.8, 4) is 0 Å². The van der Waals surface area contributed by atoms with Crippen LogP contribution in [0.5, 0.6) is 0 Å². The molecule has 0 amide bonds. The molecule has 0 aromatic heterocycles. The first-order chi connectivity index (χ1) is 8.63. The Hall–Kier alpha value is -0.960. The Labute approximate surface area is 106 Å². The molecule has 1 aromatic rings. The fraction of sp³-hybridized carbons (Fsp3) is 0.600. The van der Waals surface area contributed by atoms with Crippen molar-refractivity contribution in [3.05, 3.63) is 35.4 Å². The first kappa shape index (κ1) is 12.1. The number of hydrogen-bond donors (Lipinski definition) is 1. The van der Waals surface area contributed by atoms with Gasteiger partial charge < -0.3 is 5.11 Å². The molecule has 3 rings (SSSR count). The molecule has 2 aliphatic rings. The molecule has 1 nitrogen and oxygen atoms in total. The quantitative estimate of drug-likeness (QED) is 0.875. The number of aliphatic hydroxyl groups excluding tert-OH is 1. The number of rotatable bonds is 3. The molecule has 0 radical (unpaired) electrons. The Kier molecular flexibility index (Phi) is 3.10. The van der Waals surface area contributed by atoms with Crippen LogP contribution in [0.15, 0.2) is 18.2 Å². The Morgan fingerprint density at radius 1 is 1.22 bits per heavy atom. The summed E-state index contributed by atoms with van der Waals surface area (Å²) in [7, 11) is 0. The maximum Gasteiger partial charge on any atom is 0.126 e. The predicted molar refractivity (Wildman–Crippen MR) is 65.0 cm³/mol. The molecule has 0 aliphatic heterocycles. The highest BCUT2D eigenvalue weighted by Crippen LogP contribution is 2.49. The molecule has 1 N–H and O–H groups in total. The maximum atomic E-state index is 13.5. The van der Waals surface area contributed by atoms with Gasteiger partial charge in [0.2, 0.25) is 0 Å². The van der Waals surface area contributed by atoms with Crippen molar-refractivity contribution in [2.45, 2.75) is 38.2 Å². The van der Waals surface area contributed by atoms with Crippen molar-refractivity contribution >= 4 is 0 Å². The van der Waals surface area contributed by atoms with Gasteiger partial charge in [-0.1, -0.05) is 6.42 Å². The van der Waals surface area contributed by atoms with E-state index in [1.807, 2.05) is 0 Å². The molecule has 2 fully saturated rings. The van der Waals surface area contributed by atoms with E-state index in [-0.39, 0.29) is 12.3 Å². The SMILES string of the molecule is OC(Cc1cc(F)ccc1F)C1CC2CCC1C2. The van der Waals surface area contributed by atoms with Gasteiger partial charge in [0.1, 0.15) is 11.6 Å². The van der Waals surface area contributed by atoms with Crippen LogP contribution in [0.4, 0.5) is 8.78 Å². The summed E-state index contributed by atoms with van der Waals surface area (Å²) in [5.41, 5.74) is 0.297. The summed E-state index contributed by atoms with van der Waals surface area (Å²) in [4.78, 5) is 0. The molecule has 2 aliphatic carbocycles. The molecule has 0 heterocycles. The zero-order valence-corrected chi connectivity index (χ0v) is 10.3. The van der Waals surface area contributed by atoms with Crippen LogP contribution in [0.3, 0.4) is 0 Å². The fourth-order valence-corrected chi connectivity index (χ4v) is 3.84. The van der Waals surface area contributed by atoms with Gasteiger partial charge in [0.25, 0.3) is 0 Å². The molecular weight excluding hydrogens is 234 g/mol. The predicted octanol–water partition coefficient (Wildman–Crippen LogP) is 3.30. The smallest absolute Gasteiger partial charge is 0.126 e. The van der Waals surface area contributed by atoms with Crippen LogP contribution in [0.2, 0.25) is 0 Å². The lowest BCUT2D eigenvalue weighted by atomic mass is 9.82. The minimum Gasteiger partial charge on any atom is -0.392 e. The largest absolute Gasteiger partial charge is 0.392 e. The van der Waals surface area contributed by atoms with Gasteiger partial charge in [-0.3, -0.25) is 0 Å². The van der Waals surface area contributed by atoms with Gasteiger partial charge in [-0.2, -0.15) is 0 Å². The van der Waals surface area contributed by atoms with Gasteiger partial charge in [0, 0.05) is 6.42 Å². The minimum atomic E-state index is -0.531. The topological polar surface area (TPSA) is 20.2 Å². The molecule has 18 heavy (non-hydrogen) atoms. The van der Waals surface area contributed by atoms with Crippen LogP contribution in [-0.4, -0.2) is 11.2 Å². The molecule has 98 valence electrons. The number of aliphatic hydroxyl groups is 1. The van der Waals surface area contributed by atoms with Crippen LogP contribution in [0, 0.1) is 29.4 Å². The fourth-order valence-electron chi connectivity index (χ4n) is 3.84. The van der Waals surface area contributed by atoms with E-state index in [4.69, 9.17) is 0 Å². The lowest BCUT2D eigenvalue weighted by molar-refractivity contribution is 0.0743. The molecule has 0 spiro atoms. The summed E-state index contributed by atoms with van der Waals surface area (Å²) < 4.78 is 26.6. The summed E-state index contributed by atoms with van der Waals surface area (Å²) in [6.45, 7) is 0. The van der Waals surface area contributed by atoms with Crippen molar-refractivity contribution in [1.82, 2.24) is 0 Å². The number of hydrogen-bond acceptors (Lipinski definition) is 1. The van der Waals surface area contributed by atoms with Crippen molar-refractivity contribution < 1.29 is 13.9 Å². The second-order valence-electron chi connectivity index (χ2n) is 5.85. The number of benzene rings is 1. The lowest BCUT2D eigenvalue weighted by Gasteiger charge is -2.26. The Morgan fingerprint density at radius 3 is 2.72 bits per heavy atom. The van der Waals surface area contributed by atoms with E-state index in [1.165, 1.54) is 25.3 Å². The third-order valence-electron chi connectivity index (χ3n) is 4.72. The second-order valence-corrected chi connectivity index (χ2v) is 5.85. The summed E-state index contributed by atoms with van der Waals surface area (Å²) in [6, 6.07) is 3.45. The molecule has 4 atom stereocenters. The lowest BCUT2D eigenvalue weighted by Crippen LogP contribution is -2.27. The Balaban J connectivity index is 1.70. The highest BCUT2D eigenvalue weighted by Gasteiger charge is 2.42. The van der Waals surface area contributed by atoms with Crippen LogP contribution in [0.25, 0.3) is 0 Å². The van der Waals surface area contributed by atoms with E-state index < -0.39 is 17.7 Å². The van der Waals surface area contributed by atoms with Crippen LogP contribution >= 0.6 is 0 Å². The third kappa shape index (κ3) is 2.16. The van der Waals surface area contributed by atoms with Gasteiger partial charge in [0.15, 0.2) is 0 Å². The van der Waals surface area contributed by atoms with Crippen LogP contribution in [0.1, 0.15) is 31.2 Å². The first-order valence-corrected chi connectivity index (χ1v) is 6.75. The van der Waals surface area contributed by atoms with E-state index in [0.29, 0.717) is 11.5 Å². The normalized spacial score (nSPS) is 31.8. The Morgan fingerprint density at radius 2 is 2.06 bits per heavy atom. The number of fused-ring (bicyclic) bond motifs is 2. The van der Waals surface area contributed by atoms with Gasteiger partial charge in [0.05, 0.1) is 6.10 Å². The zero-order chi connectivity index (χ0) is 12.7. The minimum absolute atomic E-state index is 0.234. The monoisotopic (exact) mass is 252 g/mol. The van der Waals surface area contributed by atoms with E-state index in [9.17, 15) is 13.9 Å². The zero-order valence-electron chi connectivity index (χ0n) is 10.3. The van der Waals surface area contributed by atoms with Crippen LogP contribution in [-0.2, 0) is 6.42 Å². The van der Waals surface area contributed by atoms with Gasteiger partial charge in [-0.25, -0.2) is 8.78 Å².